The average Bonchev–Trinajstić information content (AvgIpc) is 0.811. The van der Waals surface area contributed by atoms with Crippen LogP contribution in [0.3, 0.4) is 0 Å². The van der Waals surface area contributed by atoms with E-state index in [0.29, 0.717) is 0 Å². The van der Waals surface area contributed by atoms with Crippen LogP contribution in [0.4, 0.5) is 0 Å². The Morgan fingerprint density at radius 3 is 0.600 bits per heavy atom. The first-order chi connectivity index (χ1) is 1.73. The van der Waals surface area contributed by atoms with Gasteiger partial charge in [-0.15, -0.1) is 0 Å². The fraction of sp³-hybridized carbons (Fsp3) is 0. The molecule has 0 fully saturated rings. The zero-order valence-electron chi connectivity index (χ0n) is 5.29. The maximum atomic E-state index is 8.48. The van der Waals surface area contributed by atoms with Gasteiger partial charge in [0, 0.05) is 58.4 Å². The minimum absolute atomic E-state index is 0. The monoisotopic (exact) mass is 325 g/mol. The number of hydrogen-bond acceptors (Lipinski definition) is 3. The van der Waals surface area contributed by atoms with Gasteiger partial charge in [-0.25, -0.2) is 0 Å². The summed E-state index contributed by atoms with van der Waals surface area (Å²) >= 11 is 0. The van der Waals surface area contributed by atoms with Crippen LogP contribution >= 0.6 is 8.60 Å². The SMILES string of the molecule is O.O.O.[O-]P([O-])[O-].[Zn].[Zn].[Zn]. The maximum Gasteiger partial charge on any atom is 0 e. The molecule has 0 amide bonds. The molecule has 0 aromatic rings. The quantitative estimate of drug-likeness (QED) is 0.321. The van der Waals surface area contributed by atoms with Crippen molar-refractivity contribution in [3.05, 3.63) is 0 Å². The van der Waals surface area contributed by atoms with E-state index in [1.807, 2.05) is 0 Å². The zero-order chi connectivity index (χ0) is 3.58. The van der Waals surface area contributed by atoms with Crippen LogP contribution in [0.5, 0.6) is 0 Å². The van der Waals surface area contributed by atoms with Gasteiger partial charge < -0.3 is 39.7 Å². The first-order valence-electron chi connectivity index (χ1n) is 0.548. The van der Waals surface area contributed by atoms with E-state index in [1.54, 1.807) is 0 Å². The van der Waals surface area contributed by atoms with Crippen LogP contribution in [-0.2, 0) is 58.4 Å². The van der Waals surface area contributed by atoms with E-state index in [-0.39, 0.29) is 74.9 Å². The molecule has 0 aliphatic rings. The van der Waals surface area contributed by atoms with Crippen molar-refractivity contribution in [2.45, 2.75) is 0 Å². The van der Waals surface area contributed by atoms with Crippen molar-refractivity contribution in [3.63, 3.8) is 0 Å². The first kappa shape index (κ1) is 57.6. The second kappa shape index (κ2) is 43.7. The van der Waals surface area contributed by atoms with Gasteiger partial charge in [0.1, 0.15) is 0 Å². The van der Waals surface area contributed by atoms with E-state index >= 15 is 0 Å². The summed E-state index contributed by atoms with van der Waals surface area (Å²) in [5, 5.41) is 0. The van der Waals surface area contributed by atoms with Gasteiger partial charge >= 0.3 is 0 Å². The smallest absolute Gasteiger partial charge is 0 e. The molecule has 6 N–H and O–H groups in total. The van der Waals surface area contributed by atoms with Gasteiger partial charge in [-0.3, -0.25) is 0 Å². The van der Waals surface area contributed by atoms with E-state index < -0.39 is 8.60 Å². The second-order valence-electron chi connectivity index (χ2n) is 0.224. The molecule has 0 rings (SSSR count). The normalized spacial score (nSPS) is 3.60. The summed E-state index contributed by atoms with van der Waals surface area (Å²) in [6.07, 6.45) is 0. The van der Waals surface area contributed by atoms with Crippen molar-refractivity contribution >= 4 is 8.60 Å². The Morgan fingerprint density at radius 2 is 0.600 bits per heavy atom. The summed E-state index contributed by atoms with van der Waals surface area (Å²) < 4.78 is 0. The molecule has 6 nitrogen and oxygen atoms in total. The molecule has 0 radical (unpaired) electrons. The summed E-state index contributed by atoms with van der Waals surface area (Å²) in [7, 11) is -3.37. The molecule has 0 bridgehead atoms. The maximum absolute atomic E-state index is 8.48. The second-order valence-corrected chi connectivity index (χ2v) is 0.671. The fourth-order valence-corrected chi connectivity index (χ4v) is 0. The van der Waals surface area contributed by atoms with Gasteiger partial charge in [0.05, 0.1) is 0 Å². The summed E-state index contributed by atoms with van der Waals surface area (Å²) in [4.78, 5) is 25.4. The molecule has 0 saturated heterocycles. The molecule has 10 heavy (non-hydrogen) atoms. The van der Waals surface area contributed by atoms with E-state index in [2.05, 4.69) is 0 Å². The summed E-state index contributed by atoms with van der Waals surface area (Å²) in [5.74, 6) is 0. The Balaban J connectivity index is -0.00000000300. The number of hydrogen-bond donors (Lipinski definition) is 0. The van der Waals surface area contributed by atoms with Gasteiger partial charge in [0.15, 0.2) is 0 Å². The Kier molecular flexibility index (Phi) is 252. The van der Waals surface area contributed by atoms with E-state index in [1.165, 1.54) is 0 Å². The molecule has 0 spiro atoms. The van der Waals surface area contributed by atoms with E-state index in [0.717, 1.165) is 0 Å². The molecule has 0 unspecified atom stereocenters. The van der Waals surface area contributed by atoms with Crippen LogP contribution in [0, 0.1) is 0 Å². The van der Waals surface area contributed by atoms with E-state index in [9.17, 15) is 0 Å². The van der Waals surface area contributed by atoms with Crippen molar-refractivity contribution in [1.29, 1.82) is 0 Å². The third-order valence-corrected chi connectivity index (χ3v) is 0. The number of rotatable bonds is 0. The fourth-order valence-electron chi connectivity index (χ4n) is 0. The third kappa shape index (κ3) is 195. The molecular weight excluding hydrogens is 323 g/mol. The van der Waals surface area contributed by atoms with Crippen molar-refractivity contribution in [2.75, 3.05) is 0 Å². The standard InChI is InChI=1S/O3P.3H2O.3Zn/c1-4(2)3;;;;;;/h;3*1H2;;;/q-3;;;;;;. The molecule has 10 heteroatoms. The average molecular weight is 329 g/mol. The largest absolute Gasteiger partial charge is 0.854 e. The van der Waals surface area contributed by atoms with Gasteiger partial charge in [-0.2, -0.15) is 0 Å². The Morgan fingerprint density at radius 1 is 0.600 bits per heavy atom. The van der Waals surface area contributed by atoms with E-state index in [4.69, 9.17) is 14.7 Å². The zero-order valence-corrected chi connectivity index (χ0v) is 15.1. The van der Waals surface area contributed by atoms with Crippen molar-refractivity contribution in [1.82, 2.24) is 0 Å². The van der Waals surface area contributed by atoms with Gasteiger partial charge in [0.2, 0.25) is 0 Å². The van der Waals surface area contributed by atoms with Crippen molar-refractivity contribution in [3.8, 4) is 0 Å². The third-order valence-electron chi connectivity index (χ3n) is 0. The molecule has 0 saturated carbocycles. The van der Waals surface area contributed by atoms with Crippen LogP contribution in [0.2, 0.25) is 0 Å². The summed E-state index contributed by atoms with van der Waals surface area (Å²) in [6.45, 7) is 0. The minimum atomic E-state index is -3.37. The molecule has 0 atom stereocenters. The molecule has 56 valence electrons. The van der Waals surface area contributed by atoms with Crippen molar-refractivity contribution < 1.29 is 89.5 Å². The molecule has 0 aromatic heterocycles. The van der Waals surface area contributed by atoms with Gasteiger partial charge in [-0.05, 0) is 0 Å². The van der Waals surface area contributed by atoms with Crippen molar-refractivity contribution in [2.24, 2.45) is 0 Å². The topological polar surface area (TPSA) is 164 Å². The molecule has 0 heterocycles. The molecule has 0 aliphatic heterocycles. The van der Waals surface area contributed by atoms with Gasteiger partial charge in [0.25, 0.3) is 0 Å². The first-order valence-corrected chi connectivity index (χ1v) is 1.64. The van der Waals surface area contributed by atoms with Crippen LogP contribution in [0.15, 0.2) is 0 Å². The Hall–Kier alpha value is 2.06. The Labute approximate surface area is 97.6 Å². The predicted octanol–water partition coefficient (Wildman–Crippen LogP) is -5.19. The predicted molar refractivity (Wildman–Crippen MR) is 17.8 cm³/mol. The molecule has 0 aromatic carbocycles. The summed E-state index contributed by atoms with van der Waals surface area (Å²) in [6, 6.07) is 0. The minimum Gasteiger partial charge on any atom is -0.854 e. The van der Waals surface area contributed by atoms with Crippen LogP contribution in [0.25, 0.3) is 0 Å². The Bertz CT molecular complexity index is 17.7. The molecule has 0 aliphatic carbocycles. The van der Waals surface area contributed by atoms with Crippen LogP contribution in [0.1, 0.15) is 0 Å². The summed E-state index contributed by atoms with van der Waals surface area (Å²) in [5.41, 5.74) is 0. The van der Waals surface area contributed by atoms with Gasteiger partial charge in [-0.1, -0.05) is 0 Å². The van der Waals surface area contributed by atoms with Crippen LogP contribution in [-0.4, -0.2) is 16.4 Å². The molecular formula is H6O6PZn3-3. The van der Waals surface area contributed by atoms with Crippen LogP contribution < -0.4 is 14.7 Å².